The number of carbonyl (C=O) groups excluding carboxylic acids is 1. The first kappa shape index (κ1) is 31.0. The van der Waals surface area contributed by atoms with Gasteiger partial charge in [-0.1, -0.05) is 55.4 Å². The molecule has 0 heterocycles. The van der Waals surface area contributed by atoms with Gasteiger partial charge in [0.05, 0.1) is 17.2 Å². The molecule has 180 valence electrons. The molecule has 0 radical (unpaired) electrons. The Morgan fingerprint density at radius 2 is 1.20 bits per heavy atom. The standard InChI is InChI=1S/C13H27NO4S.C9H18O2/c1-9(2)7-11(10(3)4)12(15)14-13(5,6)8-19(16,17)18;1-6(2)5-8(7(3)4)9(10)11/h9-11H,7-8H2,1-6H3,(H,14,15)(H,16,17,18);6-8H,5H2,1-4H3,(H,10,11). The topological polar surface area (TPSA) is 121 Å². The van der Waals surface area contributed by atoms with Crippen molar-refractivity contribution < 1.29 is 27.7 Å². The molecule has 8 heteroatoms. The molecule has 30 heavy (non-hydrogen) atoms. The molecule has 0 aromatic rings. The van der Waals surface area contributed by atoms with Crippen LogP contribution in [-0.2, 0) is 19.7 Å². The van der Waals surface area contributed by atoms with Crippen molar-refractivity contribution in [1.29, 1.82) is 0 Å². The van der Waals surface area contributed by atoms with Gasteiger partial charge in [-0.15, -0.1) is 0 Å². The Morgan fingerprint density at radius 1 is 0.833 bits per heavy atom. The fourth-order valence-corrected chi connectivity index (χ4v) is 4.26. The largest absolute Gasteiger partial charge is 0.481 e. The van der Waals surface area contributed by atoms with E-state index in [0.29, 0.717) is 11.8 Å². The summed E-state index contributed by atoms with van der Waals surface area (Å²) in [5.74, 6) is -0.333. The molecule has 0 aromatic carbocycles. The molecule has 0 saturated heterocycles. The van der Waals surface area contributed by atoms with E-state index < -0.39 is 27.4 Å². The highest BCUT2D eigenvalue weighted by Crippen LogP contribution is 2.22. The van der Waals surface area contributed by atoms with E-state index in [9.17, 15) is 18.0 Å². The first-order valence-electron chi connectivity index (χ1n) is 10.8. The van der Waals surface area contributed by atoms with E-state index in [-0.39, 0.29) is 29.6 Å². The minimum atomic E-state index is -4.11. The van der Waals surface area contributed by atoms with Crippen LogP contribution in [0.4, 0.5) is 0 Å². The van der Waals surface area contributed by atoms with Crippen molar-refractivity contribution in [2.45, 2.75) is 87.6 Å². The van der Waals surface area contributed by atoms with Gasteiger partial charge in [-0.05, 0) is 50.4 Å². The van der Waals surface area contributed by atoms with E-state index in [1.54, 1.807) is 13.8 Å². The maximum atomic E-state index is 12.2. The van der Waals surface area contributed by atoms with Gasteiger partial charge < -0.3 is 10.4 Å². The molecule has 7 nitrogen and oxygen atoms in total. The molecular weight excluding hydrogens is 406 g/mol. The Kier molecular flexibility index (Phi) is 13.8. The second-order valence-corrected chi connectivity index (χ2v) is 11.9. The summed E-state index contributed by atoms with van der Waals surface area (Å²) >= 11 is 0. The number of aliphatic carboxylic acids is 1. The third-order valence-corrected chi connectivity index (χ3v) is 5.81. The average Bonchev–Trinajstić information content (AvgIpc) is 2.46. The van der Waals surface area contributed by atoms with Crippen molar-refractivity contribution in [3.63, 3.8) is 0 Å². The zero-order valence-corrected chi connectivity index (χ0v) is 21.3. The lowest BCUT2D eigenvalue weighted by atomic mass is 9.86. The lowest BCUT2D eigenvalue weighted by Gasteiger charge is -2.29. The van der Waals surface area contributed by atoms with Gasteiger partial charge in [0.25, 0.3) is 10.1 Å². The summed E-state index contributed by atoms with van der Waals surface area (Å²) < 4.78 is 30.7. The number of carboxylic acids is 1. The molecule has 0 aliphatic heterocycles. The smallest absolute Gasteiger partial charge is 0.306 e. The van der Waals surface area contributed by atoms with Crippen LogP contribution in [0.2, 0.25) is 0 Å². The van der Waals surface area contributed by atoms with Crippen molar-refractivity contribution in [3.8, 4) is 0 Å². The second kappa shape index (κ2) is 13.3. The summed E-state index contributed by atoms with van der Waals surface area (Å²) in [6, 6.07) is 0. The third kappa shape index (κ3) is 15.7. The summed E-state index contributed by atoms with van der Waals surface area (Å²) in [5.41, 5.74) is -0.977. The van der Waals surface area contributed by atoms with E-state index in [0.717, 1.165) is 12.8 Å². The molecule has 0 aliphatic carbocycles. The van der Waals surface area contributed by atoms with E-state index in [1.165, 1.54) is 0 Å². The van der Waals surface area contributed by atoms with Crippen LogP contribution in [0.3, 0.4) is 0 Å². The van der Waals surface area contributed by atoms with Gasteiger partial charge in [0, 0.05) is 5.92 Å². The number of hydrogen-bond donors (Lipinski definition) is 3. The summed E-state index contributed by atoms with van der Waals surface area (Å²) in [5, 5.41) is 11.5. The zero-order chi connectivity index (χ0) is 24.4. The molecule has 0 fully saturated rings. The number of amides is 1. The van der Waals surface area contributed by atoms with E-state index in [4.69, 9.17) is 9.66 Å². The molecular formula is C22H45NO6S. The van der Waals surface area contributed by atoms with Gasteiger partial charge in [0.15, 0.2) is 0 Å². The molecule has 0 bridgehead atoms. The summed E-state index contributed by atoms with van der Waals surface area (Å²) in [7, 11) is -4.11. The molecule has 3 N–H and O–H groups in total. The van der Waals surface area contributed by atoms with E-state index in [2.05, 4.69) is 19.2 Å². The lowest BCUT2D eigenvalue weighted by molar-refractivity contribution is -0.143. The van der Waals surface area contributed by atoms with Gasteiger partial charge >= 0.3 is 5.97 Å². The molecule has 0 spiro atoms. The maximum absolute atomic E-state index is 12.2. The summed E-state index contributed by atoms with van der Waals surface area (Å²) in [6.07, 6.45) is 1.54. The van der Waals surface area contributed by atoms with Crippen LogP contribution >= 0.6 is 0 Å². The van der Waals surface area contributed by atoms with Gasteiger partial charge in [0.2, 0.25) is 5.91 Å². The Morgan fingerprint density at radius 3 is 1.43 bits per heavy atom. The fourth-order valence-electron chi connectivity index (χ4n) is 3.27. The van der Waals surface area contributed by atoms with Gasteiger partial charge in [-0.3, -0.25) is 14.1 Å². The first-order chi connectivity index (χ1) is 13.3. The van der Waals surface area contributed by atoms with Crippen LogP contribution in [0.1, 0.15) is 82.1 Å². The Bertz CT molecular complexity index is 624. The van der Waals surface area contributed by atoms with Crippen molar-refractivity contribution in [1.82, 2.24) is 5.32 Å². The van der Waals surface area contributed by atoms with Crippen LogP contribution in [0.15, 0.2) is 0 Å². The molecule has 2 unspecified atom stereocenters. The number of hydrogen-bond acceptors (Lipinski definition) is 4. The van der Waals surface area contributed by atoms with Crippen LogP contribution in [0.25, 0.3) is 0 Å². The lowest BCUT2D eigenvalue weighted by Crippen LogP contribution is -2.51. The van der Waals surface area contributed by atoms with Crippen LogP contribution < -0.4 is 5.32 Å². The zero-order valence-electron chi connectivity index (χ0n) is 20.5. The molecule has 0 aromatic heterocycles. The monoisotopic (exact) mass is 451 g/mol. The van der Waals surface area contributed by atoms with E-state index in [1.807, 2.05) is 41.5 Å². The SMILES string of the molecule is CC(C)CC(C(=O)NC(C)(C)CS(=O)(=O)O)C(C)C.CC(C)CC(C(=O)O)C(C)C. The summed E-state index contributed by atoms with van der Waals surface area (Å²) in [6.45, 7) is 19.2. The van der Waals surface area contributed by atoms with E-state index >= 15 is 0 Å². The predicted molar refractivity (Wildman–Crippen MR) is 122 cm³/mol. The van der Waals surface area contributed by atoms with Crippen molar-refractivity contribution in [3.05, 3.63) is 0 Å². The Labute approximate surface area is 184 Å². The quantitative estimate of drug-likeness (QED) is 0.398. The minimum absolute atomic E-state index is 0.152. The minimum Gasteiger partial charge on any atom is -0.481 e. The van der Waals surface area contributed by atoms with Crippen LogP contribution in [0.5, 0.6) is 0 Å². The number of nitrogens with one attached hydrogen (secondary N) is 1. The number of carboxylic acid groups (broad SMARTS) is 1. The van der Waals surface area contributed by atoms with Gasteiger partial charge in [-0.2, -0.15) is 8.42 Å². The van der Waals surface area contributed by atoms with Gasteiger partial charge in [-0.25, -0.2) is 0 Å². The van der Waals surface area contributed by atoms with Crippen molar-refractivity contribution in [2.75, 3.05) is 5.75 Å². The molecule has 1 amide bonds. The molecule has 0 aliphatic rings. The Balaban J connectivity index is 0. The highest BCUT2D eigenvalue weighted by atomic mass is 32.2. The third-order valence-electron chi connectivity index (χ3n) is 4.72. The fraction of sp³-hybridized carbons (Fsp3) is 0.909. The van der Waals surface area contributed by atoms with Crippen LogP contribution in [0, 0.1) is 35.5 Å². The second-order valence-electron chi connectivity index (χ2n) is 10.4. The highest BCUT2D eigenvalue weighted by molar-refractivity contribution is 7.85. The average molecular weight is 452 g/mol. The summed E-state index contributed by atoms with van der Waals surface area (Å²) in [4.78, 5) is 22.9. The number of carbonyl (C=O) groups is 2. The van der Waals surface area contributed by atoms with Crippen molar-refractivity contribution >= 4 is 22.0 Å². The molecule has 0 saturated carbocycles. The normalized spacial score (nSPS) is 14.5. The van der Waals surface area contributed by atoms with Crippen molar-refractivity contribution in [2.24, 2.45) is 35.5 Å². The van der Waals surface area contributed by atoms with Crippen LogP contribution in [-0.4, -0.2) is 41.2 Å². The predicted octanol–water partition coefficient (Wildman–Crippen LogP) is 4.48. The van der Waals surface area contributed by atoms with Gasteiger partial charge in [0.1, 0.15) is 0 Å². The highest BCUT2D eigenvalue weighted by Gasteiger charge is 2.31. The molecule has 2 atom stereocenters. The number of rotatable bonds is 11. The molecule has 0 rings (SSSR count). The Hall–Kier alpha value is -1.15. The maximum Gasteiger partial charge on any atom is 0.306 e. The first-order valence-corrected chi connectivity index (χ1v) is 12.4.